The number of carboxylic acid groups (broad SMARTS) is 1. The molecule has 0 aromatic carbocycles. The summed E-state index contributed by atoms with van der Waals surface area (Å²) in [6.45, 7) is 0.994. The molecule has 1 N–H and O–H groups in total. The number of carbonyl (C=O) groups excluding carboxylic acids is 1. The molecule has 0 spiro atoms. The van der Waals surface area contributed by atoms with Crippen molar-refractivity contribution >= 4 is 21.7 Å². The number of carboxylic acids is 1. The molecule has 0 bridgehead atoms. The molecule has 1 amide bonds. The summed E-state index contributed by atoms with van der Waals surface area (Å²) in [5.41, 5.74) is 0. The Bertz CT molecular complexity index is 504. The monoisotopic (exact) mass is 304 g/mol. The molecule has 114 valence electrons. The first-order valence-electron chi connectivity index (χ1n) is 6.70. The minimum atomic E-state index is -3.14. The van der Waals surface area contributed by atoms with Crippen molar-refractivity contribution in [2.45, 2.75) is 18.9 Å². The average Bonchev–Trinajstić information content (AvgIpc) is 2.91. The summed E-state index contributed by atoms with van der Waals surface area (Å²) in [6, 6.07) is -0.491. The van der Waals surface area contributed by atoms with Gasteiger partial charge >= 0.3 is 5.97 Å². The number of rotatable bonds is 4. The average molecular weight is 304 g/mol. The third-order valence-corrected chi connectivity index (χ3v) is 5.73. The summed E-state index contributed by atoms with van der Waals surface area (Å²) >= 11 is 0. The van der Waals surface area contributed by atoms with E-state index in [1.54, 1.807) is 0 Å². The molecule has 2 fully saturated rings. The number of nitrogens with zero attached hydrogens (tertiary/aromatic N) is 2. The second-order valence-corrected chi connectivity index (χ2v) is 7.89. The predicted molar refractivity (Wildman–Crippen MR) is 72.0 cm³/mol. The highest BCUT2D eigenvalue weighted by molar-refractivity contribution is 7.91. The van der Waals surface area contributed by atoms with Crippen LogP contribution >= 0.6 is 0 Å². The van der Waals surface area contributed by atoms with Gasteiger partial charge in [-0.15, -0.1) is 0 Å². The van der Waals surface area contributed by atoms with E-state index in [9.17, 15) is 18.0 Å². The van der Waals surface area contributed by atoms with Crippen molar-refractivity contribution in [1.29, 1.82) is 0 Å². The van der Waals surface area contributed by atoms with Crippen molar-refractivity contribution in [3.05, 3.63) is 0 Å². The minimum absolute atomic E-state index is 0.0334. The van der Waals surface area contributed by atoms with Gasteiger partial charge in [0.15, 0.2) is 9.84 Å². The second-order valence-electron chi connectivity index (χ2n) is 5.66. The zero-order valence-corrected chi connectivity index (χ0v) is 12.3. The first kappa shape index (κ1) is 15.2. The molecule has 2 saturated heterocycles. The van der Waals surface area contributed by atoms with Crippen LogP contribution in [0.4, 0.5) is 0 Å². The van der Waals surface area contributed by atoms with Crippen LogP contribution in [0.25, 0.3) is 0 Å². The highest BCUT2D eigenvalue weighted by atomic mass is 32.2. The van der Waals surface area contributed by atoms with Crippen LogP contribution in [0, 0.1) is 5.92 Å². The van der Waals surface area contributed by atoms with Gasteiger partial charge in [0, 0.05) is 12.6 Å². The van der Waals surface area contributed by atoms with E-state index >= 15 is 0 Å². The lowest BCUT2D eigenvalue weighted by Crippen LogP contribution is -2.47. The fourth-order valence-electron chi connectivity index (χ4n) is 2.92. The molecule has 2 aliphatic rings. The Morgan fingerprint density at radius 3 is 2.50 bits per heavy atom. The van der Waals surface area contributed by atoms with Crippen LogP contribution in [-0.4, -0.2) is 79.4 Å². The molecule has 2 aliphatic heterocycles. The predicted octanol–water partition coefficient (Wildman–Crippen LogP) is -0.962. The molecule has 2 atom stereocenters. The van der Waals surface area contributed by atoms with Gasteiger partial charge in [-0.1, -0.05) is 0 Å². The standard InChI is InChI=1S/C12H20N2O5S/c1-13-4-2-9(6-13)12(17)14(7-11(15)16)10-3-5-20(18,19)8-10/h9-10H,2-8H2,1H3,(H,15,16). The summed E-state index contributed by atoms with van der Waals surface area (Å²) in [6.07, 6.45) is 1.04. The van der Waals surface area contributed by atoms with Crippen LogP contribution in [0.5, 0.6) is 0 Å². The quantitative estimate of drug-likeness (QED) is 0.719. The number of hydrogen-bond acceptors (Lipinski definition) is 5. The second kappa shape index (κ2) is 5.69. The Labute approximate surface area is 118 Å². The zero-order chi connectivity index (χ0) is 14.9. The largest absolute Gasteiger partial charge is 0.480 e. The van der Waals surface area contributed by atoms with Gasteiger partial charge in [-0.2, -0.15) is 0 Å². The normalized spacial score (nSPS) is 29.4. The summed E-state index contributed by atoms with van der Waals surface area (Å²) < 4.78 is 23.1. The maximum Gasteiger partial charge on any atom is 0.323 e. The van der Waals surface area contributed by atoms with Crippen LogP contribution in [0.3, 0.4) is 0 Å². The molecule has 2 heterocycles. The fourth-order valence-corrected chi connectivity index (χ4v) is 4.66. The van der Waals surface area contributed by atoms with E-state index in [1.807, 2.05) is 11.9 Å². The Hall–Kier alpha value is -1.15. The van der Waals surface area contributed by atoms with Gasteiger partial charge in [-0.3, -0.25) is 9.59 Å². The SMILES string of the molecule is CN1CCC(C(=O)N(CC(=O)O)C2CCS(=O)(=O)C2)C1. The Morgan fingerprint density at radius 2 is 2.05 bits per heavy atom. The van der Waals surface area contributed by atoms with Crippen LogP contribution in [0.1, 0.15) is 12.8 Å². The van der Waals surface area contributed by atoms with Crippen molar-refractivity contribution in [3.8, 4) is 0 Å². The van der Waals surface area contributed by atoms with Crippen LogP contribution in [0.2, 0.25) is 0 Å². The van der Waals surface area contributed by atoms with Crippen LogP contribution in [0.15, 0.2) is 0 Å². The van der Waals surface area contributed by atoms with E-state index in [0.29, 0.717) is 19.4 Å². The number of sulfone groups is 1. The third kappa shape index (κ3) is 3.49. The Balaban J connectivity index is 2.11. The molecule has 0 aromatic heterocycles. The molecule has 2 rings (SSSR count). The van der Waals surface area contributed by atoms with Gasteiger partial charge in [0.1, 0.15) is 6.54 Å². The fraction of sp³-hybridized carbons (Fsp3) is 0.833. The van der Waals surface area contributed by atoms with Gasteiger partial charge in [0.25, 0.3) is 0 Å². The first-order valence-corrected chi connectivity index (χ1v) is 8.52. The van der Waals surface area contributed by atoms with Gasteiger partial charge in [0.2, 0.25) is 5.91 Å². The molecular weight excluding hydrogens is 284 g/mol. The highest BCUT2D eigenvalue weighted by Gasteiger charge is 2.39. The van der Waals surface area contributed by atoms with E-state index in [2.05, 4.69) is 0 Å². The van der Waals surface area contributed by atoms with Gasteiger partial charge < -0.3 is 14.9 Å². The minimum Gasteiger partial charge on any atom is -0.480 e. The maximum atomic E-state index is 12.5. The molecule has 20 heavy (non-hydrogen) atoms. The van der Waals surface area contributed by atoms with E-state index in [1.165, 1.54) is 4.90 Å². The van der Waals surface area contributed by atoms with Crippen molar-refractivity contribution < 1.29 is 23.1 Å². The lowest BCUT2D eigenvalue weighted by molar-refractivity contribution is -0.147. The van der Waals surface area contributed by atoms with Gasteiger partial charge in [0.05, 0.1) is 17.4 Å². The number of aliphatic carboxylic acids is 1. The summed E-state index contributed by atoms with van der Waals surface area (Å²) in [5.74, 6) is -1.63. The first-order chi connectivity index (χ1) is 9.28. The number of hydrogen-bond donors (Lipinski definition) is 1. The number of likely N-dealkylation sites (tertiary alicyclic amines) is 1. The molecule has 0 aromatic rings. The van der Waals surface area contributed by atoms with E-state index < -0.39 is 28.4 Å². The summed E-state index contributed by atoms with van der Waals surface area (Å²) in [4.78, 5) is 26.7. The van der Waals surface area contributed by atoms with Crippen molar-refractivity contribution in [3.63, 3.8) is 0 Å². The molecular formula is C12H20N2O5S. The molecule has 8 heteroatoms. The molecule has 0 aliphatic carbocycles. The number of carbonyl (C=O) groups is 2. The molecule has 7 nitrogen and oxygen atoms in total. The lowest BCUT2D eigenvalue weighted by atomic mass is 10.1. The third-order valence-electron chi connectivity index (χ3n) is 3.98. The lowest BCUT2D eigenvalue weighted by Gasteiger charge is -2.29. The maximum absolute atomic E-state index is 12.5. The van der Waals surface area contributed by atoms with Crippen LogP contribution < -0.4 is 0 Å². The molecule has 0 radical (unpaired) electrons. The summed E-state index contributed by atoms with van der Waals surface area (Å²) in [5, 5.41) is 8.96. The molecule has 2 unspecified atom stereocenters. The topological polar surface area (TPSA) is 95.0 Å². The zero-order valence-electron chi connectivity index (χ0n) is 11.5. The highest BCUT2D eigenvalue weighted by Crippen LogP contribution is 2.23. The van der Waals surface area contributed by atoms with E-state index in [0.717, 1.165) is 6.54 Å². The summed E-state index contributed by atoms with van der Waals surface area (Å²) in [7, 11) is -1.23. The van der Waals surface area contributed by atoms with E-state index in [-0.39, 0.29) is 23.3 Å². The van der Waals surface area contributed by atoms with Crippen molar-refractivity contribution in [2.75, 3.05) is 38.2 Å². The Kier molecular flexibility index (Phi) is 4.33. The van der Waals surface area contributed by atoms with Gasteiger partial charge in [-0.25, -0.2) is 8.42 Å². The van der Waals surface area contributed by atoms with Gasteiger partial charge in [-0.05, 0) is 26.4 Å². The van der Waals surface area contributed by atoms with Crippen molar-refractivity contribution in [1.82, 2.24) is 9.80 Å². The Morgan fingerprint density at radius 1 is 1.35 bits per heavy atom. The van der Waals surface area contributed by atoms with Crippen LogP contribution in [-0.2, 0) is 19.4 Å². The molecule has 0 saturated carbocycles. The smallest absolute Gasteiger partial charge is 0.323 e. The number of amides is 1. The van der Waals surface area contributed by atoms with E-state index in [4.69, 9.17) is 5.11 Å². The van der Waals surface area contributed by atoms with Crippen molar-refractivity contribution in [2.24, 2.45) is 5.92 Å².